The Labute approximate surface area is 90.6 Å². The van der Waals surface area contributed by atoms with E-state index in [0.29, 0.717) is 12.0 Å². The number of benzene rings is 1. The first-order chi connectivity index (χ1) is 7.11. The van der Waals surface area contributed by atoms with Crippen molar-refractivity contribution >= 4 is 5.96 Å². The van der Waals surface area contributed by atoms with Gasteiger partial charge in [-0.2, -0.15) is 0 Å². The zero-order valence-electron chi connectivity index (χ0n) is 9.49. The summed E-state index contributed by atoms with van der Waals surface area (Å²) in [5, 5.41) is 0. The summed E-state index contributed by atoms with van der Waals surface area (Å²) >= 11 is 0. The van der Waals surface area contributed by atoms with Crippen molar-refractivity contribution < 1.29 is 0 Å². The first-order valence-electron chi connectivity index (χ1n) is 5.20. The van der Waals surface area contributed by atoms with E-state index in [0.717, 1.165) is 6.54 Å². The molecular formula is C12H17N3. The van der Waals surface area contributed by atoms with Gasteiger partial charge in [-0.3, -0.25) is 4.99 Å². The van der Waals surface area contributed by atoms with E-state index in [4.69, 9.17) is 5.73 Å². The Morgan fingerprint density at radius 2 is 1.93 bits per heavy atom. The van der Waals surface area contributed by atoms with Gasteiger partial charge in [0, 0.05) is 7.05 Å². The molecular weight excluding hydrogens is 186 g/mol. The van der Waals surface area contributed by atoms with Crippen LogP contribution in [0.15, 0.2) is 23.2 Å². The van der Waals surface area contributed by atoms with E-state index in [1.165, 1.54) is 16.7 Å². The summed E-state index contributed by atoms with van der Waals surface area (Å²) < 4.78 is 0. The lowest BCUT2D eigenvalue weighted by molar-refractivity contribution is 0.411. The second kappa shape index (κ2) is 3.57. The van der Waals surface area contributed by atoms with Gasteiger partial charge in [-0.25, -0.2) is 0 Å². The Kier molecular flexibility index (Phi) is 2.39. The monoisotopic (exact) mass is 203 g/mol. The number of hydrogen-bond acceptors (Lipinski definition) is 3. The average Bonchev–Trinajstić information content (AvgIpc) is 2.49. The van der Waals surface area contributed by atoms with Crippen LogP contribution in [0.2, 0.25) is 0 Å². The van der Waals surface area contributed by atoms with Crippen LogP contribution in [0, 0.1) is 13.8 Å². The van der Waals surface area contributed by atoms with Gasteiger partial charge in [-0.05, 0) is 30.5 Å². The van der Waals surface area contributed by atoms with E-state index in [1.54, 1.807) is 0 Å². The molecule has 2 N–H and O–H groups in total. The fourth-order valence-corrected chi connectivity index (χ4v) is 2.21. The van der Waals surface area contributed by atoms with Gasteiger partial charge in [-0.15, -0.1) is 0 Å². The van der Waals surface area contributed by atoms with E-state index in [1.807, 2.05) is 7.05 Å². The Morgan fingerprint density at radius 1 is 1.33 bits per heavy atom. The fourth-order valence-electron chi connectivity index (χ4n) is 2.21. The van der Waals surface area contributed by atoms with Gasteiger partial charge in [0.15, 0.2) is 5.96 Å². The molecule has 0 aromatic heterocycles. The summed E-state index contributed by atoms with van der Waals surface area (Å²) in [4.78, 5) is 6.33. The fraction of sp³-hybridized carbons (Fsp3) is 0.417. The largest absolute Gasteiger partial charge is 0.370 e. The molecule has 0 saturated heterocycles. The lowest BCUT2D eigenvalue weighted by Gasteiger charge is -2.24. The molecule has 1 aliphatic heterocycles. The zero-order valence-corrected chi connectivity index (χ0v) is 9.49. The molecule has 1 unspecified atom stereocenters. The summed E-state index contributed by atoms with van der Waals surface area (Å²) in [6.07, 6.45) is 0. The number of likely N-dealkylation sites (N-methyl/N-ethyl adjacent to an activating group) is 1. The van der Waals surface area contributed by atoms with Crippen LogP contribution in [0.1, 0.15) is 22.7 Å². The van der Waals surface area contributed by atoms with Crippen LogP contribution in [0.3, 0.4) is 0 Å². The maximum absolute atomic E-state index is 5.78. The molecule has 15 heavy (non-hydrogen) atoms. The van der Waals surface area contributed by atoms with E-state index >= 15 is 0 Å². The molecule has 3 nitrogen and oxygen atoms in total. The minimum atomic E-state index is 0.311. The third kappa shape index (κ3) is 1.58. The maximum atomic E-state index is 5.78. The lowest BCUT2D eigenvalue weighted by atomic mass is 9.96. The number of nitrogens with two attached hydrogens (primary N) is 1. The average molecular weight is 203 g/mol. The minimum absolute atomic E-state index is 0.311. The van der Waals surface area contributed by atoms with E-state index < -0.39 is 0 Å². The summed E-state index contributed by atoms with van der Waals surface area (Å²) in [6, 6.07) is 6.69. The van der Waals surface area contributed by atoms with Gasteiger partial charge in [-0.1, -0.05) is 18.2 Å². The highest BCUT2D eigenvalue weighted by Gasteiger charge is 2.26. The Morgan fingerprint density at radius 3 is 2.40 bits per heavy atom. The minimum Gasteiger partial charge on any atom is -0.370 e. The number of nitrogens with zero attached hydrogens (tertiary/aromatic N) is 2. The predicted molar refractivity (Wildman–Crippen MR) is 62.9 cm³/mol. The van der Waals surface area contributed by atoms with Gasteiger partial charge < -0.3 is 10.6 Å². The molecule has 1 aromatic carbocycles. The molecule has 0 bridgehead atoms. The molecule has 0 fully saturated rings. The maximum Gasteiger partial charge on any atom is 0.191 e. The molecule has 0 amide bonds. The molecule has 80 valence electrons. The molecule has 1 atom stereocenters. The van der Waals surface area contributed by atoms with Crippen molar-refractivity contribution in [2.75, 3.05) is 13.6 Å². The molecule has 3 heteroatoms. The van der Waals surface area contributed by atoms with Crippen molar-refractivity contribution in [3.63, 3.8) is 0 Å². The molecule has 0 aliphatic carbocycles. The smallest absolute Gasteiger partial charge is 0.191 e. The van der Waals surface area contributed by atoms with Crippen LogP contribution in [-0.4, -0.2) is 24.5 Å². The van der Waals surface area contributed by atoms with Crippen LogP contribution in [-0.2, 0) is 0 Å². The zero-order chi connectivity index (χ0) is 11.0. The number of rotatable bonds is 1. The molecule has 0 saturated carbocycles. The van der Waals surface area contributed by atoms with Crippen LogP contribution < -0.4 is 5.73 Å². The summed E-state index contributed by atoms with van der Waals surface area (Å²) in [6.45, 7) is 5.06. The van der Waals surface area contributed by atoms with Crippen LogP contribution in [0.5, 0.6) is 0 Å². The third-order valence-electron chi connectivity index (χ3n) is 3.13. The van der Waals surface area contributed by atoms with Gasteiger partial charge in [0.2, 0.25) is 0 Å². The predicted octanol–water partition coefficient (Wildman–Crippen LogP) is 1.60. The highest BCUT2D eigenvalue weighted by Crippen LogP contribution is 2.29. The second-order valence-corrected chi connectivity index (χ2v) is 4.13. The molecule has 2 rings (SSSR count). The molecule has 1 aromatic rings. The summed E-state index contributed by atoms with van der Waals surface area (Å²) in [5.41, 5.74) is 9.78. The molecule has 0 spiro atoms. The standard InChI is InChI=1S/C12H17N3/c1-8-5-4-6-9(2)11(8)10-7-14-12(13)15(10)3/h4-6,10H,7H2,1-3H3,(H2,13,14). The molecule has 0 radical (unpaired) electrons. The van der Waals surface area contributed by atoms with Crippen molar-refractivity contribution in [3.8, 4) is 0 Å². The highest BCUT2D eigenvalue weighted by atomic mass is 15.3. The number of guanidine groups is 1. The van der Waals surface area contributed by atoms with Crippen LogP contribution in [0.4, 0.5) is 0 Å². The number of aryl methyl sites for hydroxylation is 2. The molecule has 1 aliphatic rings. The van der Waals surface area contributed by atoms with Gasteiger partial charge in [0.1, 0.15) is 0 Å². The third-order valence-corrected chi connectivity index (χ3v) is 3.13. The first-order valence-corrected chi connectivity index (χ1v) is 5.20. The van der Waals surface area contributed by atoms with Gasteiger partial charge in [0.25, 0.3) is 0 Å². The topological polar surface area (TPSA) is 41.6 Å². The van der Waals surface area contributed by atoms with E-state index in [9.17, 15) is 0 Å². The lowest BCUT2D eigenvalue weighted by Crippen LogP contribution is -2.32. The van der Waals surface area contributed by atoms with Crippen molar-refractivity contribution in [2.24, 2.45) is 10.7 Å². The number of hydrogen-bond donors (Lipinski definition) is 1. The van der Waals surface area contributed by atoms with E-state index in [2.05, 4.69) is 41.9 Å². The first kappa shape index (κ1) is 10.0. The quantitative estimate of drug-likeness (QED) is 0.753. The Balaban J connectivity index is 2.40. The molecule has 1 heterocycles. The SMILES string of the molecule is Cc1cccc(C)c1C1CN=C(N)N1C. The summed E-state index contributed by atoms with van der Waals surface area (Å²) in [5.74, 6) is 0.641. The van der Waals surface area contributed by atoms with Crippen molar-refractivity contribution in [2.45, 2.75) is 19.9 Å². The Hall–Kier alpha value is -1.51. The normalized spacial score (nSPS) is 20.6. The van der Waals surface area contributed by atoms with Crippen LogP contribution >= 0.6 is 0 Å². The van der Waals surface area contributed by atoms with Crippen LogP contribution in [0.25, 0.3) is 0 Å². The highest BCUT2D eigenvalue weighted by molar-refractivity contribution is 5.80. The van der Waals surface area contributed by atoms with Crippen molar-refractivity contribution in [1.29, 1.82) is 0 Å². The summed E-state index contributed by atoms with van der Waals surface area (Å²) in [7, 11) is 2.00. The Bertz CT molecular complexity index is 389. The van der Waals surface area contributed by atoms with Crippen molar-refractivity contribution in [3.05, 3.63) is 34.9 Å². The van der Waals surface area contributed by atoms with E-state index in [-0.39, 0.29) is 0 Å². The van der Waals surface area contributed by atoms with Gasteiger partial charge >= 0.3 is 0 Å². The number of aliphatic imine (C=N–C) groups is 1. The van der Waals surface area contributed by atoms with Gasteiger partial charge in [0.05, 0.1) is 12.6 Å². The van der Waals surface area contributed by atoms with Crippen molar-refractivity contribution in [1.82, 2.24) is 4.90 Å². The second-order valence-electron chi connectivity index (χ2n) is 4.13.